The SMILES string of the molecule is CC(C)(CO)C(=O)N(C1CCCCC1)C1CCN(C(=O)C(Cc2ccccc2)NCc2cccnc2)C1. The van der Waals surface area contributed by atoms with Crippen LogP contribution in [-0.2, 0) is 22.6 Å². The molecule has 7 nitrogen and oxygen atoms in total. The van der Waals surface area contributed by atoms with Gasteiger partial charge in [0.25, 0.3) is 0 Å². The minimum atomic E-state index is -0.823. The van der Waals surface area contributed by atoms with Crippen LogP contribution in [0.4, 0.5) is 0 Å². The summed E-state index contributed by atoms with van der Waals surface area (Å²) in [6, 6.07) is 13.8. The summed E-state index contributed by atoms with van der Waals surface area (Å²) >= 11 is 0. The van der Waals surface area contributed by atoms with Crippen molar-refractivity contribution in [1.29, 1.82) is 0 Å². The first-order valence-corrected chi connectivity index (χ1v) is 13.8. The van der Waals surface area contributed by atoms with Crippen molar-refractivity contribution in [3.63, 3.8) is 0 Å². The number of amides is 2. The van der Waals surface area contributed by atoms with Crippen LogP contribution in [0.3, 0.4) is 0 Å². The van der Waals surface area contributed by atoms with Crippen LogP contribution in [0, 0.1) is 5.41 Å². The Kier molecular flexibility index (Phi) is 9.33. The standard InChI is InChI=1S/C30H42N4O3/c1-30(2,22-35)29(37)34(25-13-7-4-8-14-25)26-15-17-33(21-26)28(36)27(18-23-10-5-3-6-11-23)32-20-24-12-9-16-31-19-24/h3,5-6,9-12,16,19,25-27,32,35H,4,7-8,13-15,17-18,20-22H2,1-2H3. The number of carbonyl (C=O) groups is 2. The minimum absolute atomic E-state index is 0.0109. The molecule has 2 heterocycles. The Hall–Kier alpha value is -2.77. The second-order valence-electron chi connectivity index (χ2n) is 11.3. The molecule has 2 atom stereocenters. The molecule has 2 aromatic rings. The number of hydrogen-bond acceptors (Lipinski definition) is 5. The molecule has 4 rings (SSSR count). The number of benzene rings is 1. The number of pyridine rings is 1. The smallest absolute Gasteiger partial charge is 0.240 e. The maximum absolute atomic E-state index is 13.8. The normalized spacial score (nSPS) is 19.5. The van der Waals surface area contributed by atoms with Crippen LogP contribution in [0.15, 0.2) is 54.9 Å². The van der Waals surface area contributed by atoms with E-state index in [9.17, 15) is 14.7 Å². The molecule has 7 heteroatoms. The molecule has 2 amide bonds. The first kappa shape index (κ1) is 27.3. The van der Waals surface area contributed by atoms with Gasteiger partial charge in [0.1, 0.15) is 0 Å². The molecular weight excluding hydrogens is 464 g/mol. The Morgan fingerprint density at radius 2 is 1.78 bits per heavy atom. The van der Waals surface area contributed by atoms with Crippen molar-refractivity contribution in [2.75, 3.05) is 19.7 Å². The Morgan fingerprint density at radius 1 is 1.05 bits per heavy atom. The topological polar surface area (TPSA) is 85.8 Å². The van der Waals surface area contributed by atoms with Gasteiger partial charge in [-0.25, -0.2) is 0 Å². The second kappa shape index (κ2) is 12.7. The number of carbonyl (C=O) groups excluding carboxylic acids is 2. The van der Waals surface area contributed by atoms with E-state index in [1.54, 1.807) is 6.20 Å². The van der Waals surface area contributed by atoms with Crippen molar-refractivity contribution in [3.05, 3.63) is 66.0 Å². The highest BCUT2D eigenvalue weighted by atomic mass is 16.3. The number of aromatic nitrogens is 1. The molecule has 1 aromatic heterocycles. The van der Waals surface area contributed by atoms with Crippen molar-refractivity contribution in [2.45, 2.75) is 83.5 Å². The Labute approximate surface area is 221 Å². The van der Waals surface area contributed by atoms with Gasteiger partial charge in [0.05, 0.1) is 24.1 Å². The van der Waals surface area contributed by atoms with Crippen molar-refractivity contribution in [2.24, 2.45) is 5.41 Å². The molecule has 37 heavy (non-hydrogen) atoms. The van der Waals surface area contributed by atoms with Crippen LogP contribution in [0.2, 0.25) is 0 Å². The third kappa shape index (κ3) is 6.96. The van der Waals surface area contributed by atoms with E-state index in [4.69, 9.17) is 0 Å². The fourth-order valence-corrected chi connectivity index (χ4v) is 5.64. The predicted octanol–water partition coefficient (Wildman–Crippen LogP) is 3.56. The highest BCUT2D eigenvalue weighted by molar-refractivity contribution is 5.84. The van der Waals surface area contributed by atoms with Crippen LogP contribution in [-0.4, -0.2) is 69.5 Å². The average molecular weight is 507 g/mol. The number of aliphatic hydroxyl groups excluding tert-OH is 1. The minimum Gasteiger partial charge on any atom is -0.395 e. The van der Waals surface area contributed by atoms with Crippen molar-refractivity contribution in [3.8, 4) is 0 Å². The second-order valence-corrected chi connectivity index (χ2v) is 11.3. The highest BCUT2D eigenvalue weighted by Crippen LogP contribution is 2.32. The van der Waals surface area contributed by atoms with E-state index < -0.39 is 5.41 Å². The van der Waals surface area contributed by atoms with Gasteiger partial charge >= 0.3 is 0 Å². The lowest BCUT2D eigenvalue weighted by Gasteiger charge is -2.42. The third-order valence-electron chi connectivity index (χ3n) is 7.90. The maximum atomic E-state index is 13.8. The van der Waals surface area contributed by atoms with E-state index in [-0.39, 0.29) is 36.5 Å². The molecule has 1 aromatic carbocycles. The van der Waals surface area contributed by atoms with Crippen LogP contribution in [0.5, 0.6) is 0 Å². The average Bonchev–Trinajstić information content (AvgIpc) is 3.42. The molecule has 200 valence electrons. The monoisotopic (exact) mass is 506 g/mol. The fourth-order valence-electron chi connectivity index (χ4n) is 5.64. The molecular formula is C30H42N4O3. The largest absolute Gasteiger partial charge is 0.395 e. The van der Waals surface area contributed by atoms with E-state index in [1.807, 2.05) is 55.3 Å². The molecule has 1 aliphatic carbocycles. The van der Waals surface area contributed by atoms with Gasteiger partial charge in [0, 0.05) is 38.1 Å². The summed E-state index contributed by atoms with van der Waals surface area (Å²) in [5, 5.41) is 13.4. The van der Waals surface area contributed by atoms with Crippen LogP contribution in [0.25, 0.3) is 0 Å². The molecule has 0 spiro atoms. The molecule has 0 radical (unpaired) electrons. The lowest BCUT2D eigenvalue weighted by Crippen LogP contribution is -2.55. The molecule has 1 saturated heterocycles. The number of likely N-dealkylation sites (tertiary alicyclic amines) is 1. The fraction of sp³-hybridized carbons (Fsp3) is 0.567. The number of nitrogens with one attached hydrogen (secondary N) is 1. The number of hydrogen-bond donors (Lipinski definition) is 2. The molecule has 1 saturated carbocycles. The van der Waals surface area contributed by atoms with Gasteiger partial charge in [-0.1, -0.05) is 55.7 Å². The number of aliphatic hydroxyl groups is 1. The summed E-state index contributed by atoms with van der Waals surface area (Å²) in [6.45, 7) is 5.21. The lowest BCUT2D eigenvalue weighted by atomic mass is 9.87. The first-order chi connectivity index (χ1) is 17.9. The van der Waals surface area contributed by atoms with Gasteiger partial charge < -0.3 is 20.2 Å². The van der Waals surface area contributed by atoms with Gasteiger partial charge in [-0.2, -0.15) is 0 Å². The van der Waals surface area contributed by atoms with Gasteiger partial charge in [-0.15, -0.1) is 0 Å². The first-order valence-electron chi connectivity index (χ1n) is 13.8. The zero-order valence-electron chi connectivity index (χ0n) is 22.3. The van der Waals surface area contributed by atoms with Crippen molar-refractivity contribution >= 4 is 11.8 Å². The highest BCUT2D eigenvalue weighted by Gasteiger charge is 2.42. The quantitative estimate of drug-likeness (QED) is 0.515. The zero-order valence-corrected chi connectivity index (χ0v) is 22.3. The van der Waals surface area contributed by atoms with Crippen molar-refractivity contribution < 1.29 is 14.7 Å². The number of rotatable bonds is 10. The summed E-state index contributed by atoms with van der Waals surface area (Å²) in [5.74, 6) is 0.0874. The van der Waals surface area contributed by atoms with Gasteiger partial charge in [0.2, 0.25) is 11.8 Å². The molecule has 2 aliphatic rings. The van der Waals surface area contributed by atoms with Gasteiger partial charge in [0.15, 0.2) is 0 Å². The van der Waals surface area contributed by atoms with Crippen LogP contribution < -0.4 is 5.32 Å². The molecule has 2 N–H and O–H groups in total. The van der Waals surface area contributed by atoms with E-state index in [2.05, 4.69) is 27.3 Å². The molecule has 2 fully saturated rings. The van der Waals surface area contributed by atoms with E-state index in [0.717, 1.165) is 43.2 Å². The van der Waals surface area contributed by atoms with E-state index >= 15 is 0 Å². The Bertz CT molecular complexity index is 1010. The van der Waals surface area contributed by atoms with Gasteiger partial charge in [-0.05, 0) is 56.7 Å². The molecule has 0 bridgehead atoms. The third-order valence-corrected chi connectivity index (χ3v) is 7.90. The number of nitrogens with zero attached hydrogens (tertiary/aromatic N) is 3. The lowest BCUT2D eigenvalue weighted by molar-refractivity contribution is -0.149. The molecule has 1 aliphatic heterocycles. The van der Waals surface area contributed by atoms with E-state index in [0.29, 0.717) is 26.1 Å². The van der Waals surface area contributed by atoms with Gasteiger partial charge in [-0.3, -0.25) is 14.6 Å². The zero-order chi connectivity index (χ0) is 26.3. The summed E-state index contributed by atoms with van der Waals surface area (Å²) in [5.41, 5.74) is 1.32. The van der Waals surface area contributed by atoms with Crippen LogP contribution in [0.1, 0.15) is 63.5 Å². The summed E-state index contributed by atoms with van der Waals surface area (Å²) in [4.78, 5) is 35.7. The Balaban J connectivity index is 1.49. The summed E-state index contributed by atoms with van der Waals surface area (Å²) < 4.78 is 0. The summed E-state index contributed by atoms with van der Waals surface area (Å²) in [6.07, 6.45) is 10.4. The Morgan fingerprint density at radius 3 is 2.46 bits per heavy atom. The van der Waals surface area contributed by atoms with Crippen LogP contribution >= 0.6 is 0 Å². The maximum Gasteiger partial charge on any atom is 0.240 e. The summed E-state index contributed by atoms with van der Waals surface area (Å²) in [7, 11) is 0. The van der Waals surface area contributed by atoms with Crippen molar-refractivity contribution in [1.82, 2.24) is 20.1 Å². The molecule has 2 unspecified atom stereocenters. The predicted molar refractivity (Wildman–Crippen MR) is 145 cm³/mol. The van der Waals surface area contributed by atoms with E-state index in [1.165, 1.54) is 6.42 Å².